The van der Waals surface area contributed by atoms with Crippen molar-refractivity contribution in [1.82, 2.24) is 10.5 Å². The van der Waals surface area contributed by atoms with Crippen molar-refractivity contribution < 1.29 is 29.2 Å². The maximum atomic E-state index is 11.1. The van der Waals surface area contributed by atoms with Crippen LogP contribution in [0.4, 0.5) is 0 Å². The van der Waals surface area contributed by atoms with E-state index in [-0.39, 0.29) is 29.8 Å². The van der Waals surface area contributed by atoms with Crippen LogP contribution in [0.5, 0.6) is 5.75 Å². The summed E-state index contributed by atoms with van der Waals surface area (Å²) in [6.07, 6.45) is 6.92. The SMILES string of the molecule is CON1C(=O)CC12C=CC(=O)C=C2.CONC(=O)Cc1ccc(O)cc1. The minimum Gasteiger partial charge on any atom is -0.508 e. The number of rotatable bonds is 4. The summed E-state index contributed by atoms with van der Waals surface area (Å²) >= 11 is 0. The summed E-state index contributed by atoms with van der Waals surface area (Å²) in [5.74, 6) is -0.142. The molecule has 0 radical (unpaired) electrons. The quantitative estimate of drug-likeness (QED) is 0.609. The van der Waals surface area contributed by atoms with Crippen LogP contribution in [0.3, 0.4) is 0 Å². The van der Waals surface area contributed by atoms with Gasteiger partial charge in [-0.2, -0.15) is 0 Å². The molecule has 0 aromatic heterocycles. The Hall–Kier alpha value is -2.97. The molecule has 0 saturated carbocycles. The van der Waals surface area contributed by atoms with E-state index in [1.165, 1.54) is 43.6 Å². The molecule has 2 amide bonds. The molecule has 1 spiro atoms. The van der Waals surface area contributed by atoms with Gasteiger partial charge in [0.15, 0.2) is 5.78 Å². The van der Waals surface area contributed by atoms with Gasteiger partial charge in [0.2, 0.25) is 11.8 Å². The number of hydrogen-bond acceptors (Lipinski definition) is 6. The van der Waals surface area contributed by atoms with E-state index < -0.39 is 5.54 Å². The van der Waals surface area contributed by atoms with Crippen molar-refractivity contribution in [3.63, 3.8) is 0 Å². The fourth-order valence-electron chi connectivity index (χ4n) is 2.56. The van der Waals surface area contributed by atoms with Crippen LogP contribution in [0.25, 0.3) is 0 Å². The Balaban J connectivity index is 0.000000187. The largest absolute Gasteiger partial charge is 0.508 e. The molecule has 8 heteroatoms. The zero-order valence-corrected chi connectivity index (χ0v) is 14.5. The van der Waals surface area contributed by atoms with Gasteiger partial charge in [0.05, 0.1) is 27.1 Å². The maximum absolute atomic E-state index is 11.1. The summed E-state index contributed by atoms with van der Waals surface area (Å²) in [5, 5.41) is 10.2. The number of nitrogens with zero attached hydrogens (tertiary/aromatic N) is 1. The number of phenols is 1. The van der Waals surface area contributed by atoms with Gasteiger partial charge in [-0.1, -0.05) is 12.1 Å². The third-order valence-electron chi connectivity index (χ3n) is 3.81. The molecule has 26 heavy (non-hydrogen) atoms. The number of allylic oxidation sites excluding steroid dienone is 2. The summed E-state index contributed by atoms with van der Waals surface area (Å²) in [6.45, 7) is 0. The van der Waals surface area contributed by atoms with Crippen molar-refractivity contribution in [3.8, 4) is 5.75 Å². The highest BCUT2D eigenvalue weighted by atomic mass is 16.7. The Morgan fingerprint density at radius 2 is 1.81 bits per heavy atom. The molecule has 1 aromatic rings. The van der Waals surface area contributed by atoms with Crippen LogP contribution >= 0.6 is 0 Å². The molecule has 1 saturated heterocycles. The number of hydroxylamine groups is 3. The highest BCUT2D eigenvalue weighted by Crippen LogP contribution is 2.36. The zero-order valence-electron chi connectivity index (χ0n) is 14.5. The van der Waals surface area contributed by atoms with Crippen molar-refractivity contribution in [2.75, 3.05) is 14.2 Å². The average Bonchev–Trinajstić information content (AvgIpc) is 2.60. The highest BCUT2D eigenvalue weighted by Gasteiger charge is 2.49. The van der Waals surface area contributed by atoms with Crippen LogP contribution in [0.1, 0.15) is 12.0 Å². The predicted molar refractivity (Wildman–Crippen MR) is 91.5 cm³/mol. The summed E-state index contributed by atoms with van der Waals surface area (Å²) in [5.41, 5.74) is 2.53. The van der Waals surface area contributed by atoms with Crippen LogP contribution in [0.15, 0.2) is 48.6 Å². The van der Waals surface area contributed by atoms with Crippen LogP contribution in [-0.4, -0.2) is 47.5 Å². The molecule has 1 heterocycles. The van der Waals surface area contributed by atoms with Crippen molar-refractivity contribution in [3.05, 3.63) is 54.1 Å². The number of nitrogens with one attached hydrogen (secondary N) is 1. The van der Waals surface area contributed by atoms with Gasteiger partial charge in [-0.05, 0) is 42.0 Å². The molecule has 1 fully saturated rings. The summed E-state index contributed by atoms with van der Waals surface area (Å²) in [4.78, 5) is 42.3. The Kier molecular flexibility index (Phi) is 6.26. The van der Waals surface area contributed by atoms with Gasteiger partial charge in [-0.15, -0.1) is 0 Å². The van der Waals surface area contributed by atoms with Crippen molar-refractivity contribution in [2.45, 2.75) is 18.4 Å². The first kappa shape index (κ1) is 19.4. The van der Waals surface area contributed by atoms with Gasteiger partial charge in [0.25, 0.3) is 0 Å². The second-order valence-electron chi connectivity index (χ2n) is 5.68. The van der Waals surface area contributed by atoms with Crippen LogP contribution in [-0.2, 0) is 30.5 Å². The standard InChI is InChI=1S/C9H9NO3.C9H11NO3/c1-13-10-8(12)6-9(10)4-2-7(11)3-5-9;1-13-10-9(12)6-7-2-4-8(11)5-3-7/h2-5H,6H2,1H3;2-5,11H,6H2,1H3,(H,10,12). The monoisotopic (exact) mass is 360 g/mol. The lowest BCUT2D eigenvalue weighted by atomic mass is 9.83. The van der Waals surface area contributed by atoms with Crippen molar-refractivity contribution in [1.29, 1.82) is 0 Å². The lowest BCUT2D eigenvalue weighted by molar-refractivity contribution is -0.223. The Labute approximate surface area is 150 Å². The maximum Gasteiger partial charge on any atom is 0.250 e. The second kappa shape index (κ2) is 8.41. The number of amides is 2. The van der Waals surface area contributed by atoms with E-state index in [4.69, 9.17) is 9.94 Å². The topological polar surface area (TPSA) is 105 Å². The summed E-state index contributed by atoms with van der Waals surface area (Å²) in [6, 6.07) is 6.44. The smallest absolute Gasteiger partial charge is 0.250 e. The number of benzene rings is 1. The first-order valence-corrected chi connectivity index (χ1v) is 7.79. The van der Waals surface area contributed by atoms with Crippen LogP contribution in [0, 0.1) is 0 Å². The third-order valence-corrected chi connectivity index (χ3v) is 3.81. The molecule has 2 N–H and O–H groups in total. The molecule has 1 aromatic carbocycles. The van der Waals surface area contributed by atoms with E-state index in [1.54, 1.807) is 24.3 Å². The molecule has 0 unspecified atom stereocenters. The second-order valence-corrected chi connectivity index (χ2v) is 5.68. The van der Waals surface area contributed by atoms with E-state index >= 15 is 0 Å². The van der Waals surface area contributed by atoms with Gasteiger partial charge >= 0.3 is 0 Å². The molecular weight excluding hydrogens is 340 g/mol. The van der Waals surface area contributed by atoms with E-state index in [9.17, 15) is 14.4 Å². The molecule has 0 bridgehead atoms. The number of aromatic hydroxyl groups is 1. The number of carbonyl (C=O) groups is 3. The van der Waals surface area contributed by atoms with Crippen LogP contribution in [0.2, 0.25) is 0 Å². The van der Waals surface area contributed by atoms with E-state index in [2.05, 4.69) is 10.3 Å². The van der Waals surface area contributed by atoms with Gasteiger partial charge in [-0.25, -0.2) is 10.5 Å². The first-order chi connectivity index (χ1) is 12.4. The van der Waals surface area contributed by atoms with E-state index in [1.807, 2.05) is 0 Å². The normalized spacial score (nSPS) is 16.8. The van der Waals surface area contributed by atoms with Crippen molar-refractivity contribution in [2.24, 2.45) is 0 Å². The van der Waals surface area contributed by atoms with Gasteiger partial charge in [0, 0.05) is 0 Å². The fraction of sp³-hybridized carbons (Fsp3) is 0.278. The molecule has 2 aliphatic rings. The summed E-state index contributed by atoms with van der Waals surface area (Å²) < 4.78 is 0. The fourth-order valence-corrected chi connectivity index (χ4v) is 2.56. The predicted octanol–water partition coefficient (Wildman–Crippen LogP) is 0.826. The van der Waals surface area contributed by atoms with E-state index in [0.29, 0.717) is 6.42 Å². The Morgan fingerprint density at radius 3 is 2.31 bits per heavy atom. The lowest BCUT2D eigenvalue weighted by Crippen LogP contribution is -2.61. The van der Waals surface area contributed by atoms with Gasteiger partial charge in [0.1, 0.15) is 11.3 Å². The Morgan fingerprint density at radius 1 is 1.19 bits per heavy atom. The molecule has 0 atom stereocenters. The molecule has 138 valence electrons. The summed E-state index contributed by atoms with van der Waals surface area (Å²) in [7, 11) is 2.83. The zero-order chi connectivity index (χ0) is 19.2. The third kappa shape index (κ3) is 4.56. The minimum atomic E-state index is -0.500. The Bertz CT molecular complexity index is 723. The van der Waals surface area contributed by atoms with Gasteiger partial charge < -0.3 is 5.11 Å². The van der Waals surface area contributed by atoms with Crippen LogP contribution < -0.4 is 5.48 Å². The van der Waals surface area contributed by atoms with Gasteiger partial charge in [-0.3, -0.25) is 24.1 Å². The molecule has 3 rings (SSSR count). The first-order valence-electron chi connectivity index (χ1n) is 7.79. The number of ketones is 1. The van der Waals surface area contributed by atoms with E-state index in [0.717, 1.165) is 5.56 Å². The molecule has 1 aliphatic heterocycles. The van der Waals surface area contributed by atoms with Crippen molar-refractivity contribution >= 4 is 17.6 Å². The highest BCUT2D eigenvalue weighted by molar-refractivity contribution is 6.02. The number of β-lactam (4-membered cyclic amide) rings is 1. The number of hydrogen-bond donors (Lipinski definition) is 2. The number of carbonyl (C=O) groups excluding carboxylic acids is 3. The molecule has 1 aliphatic carbocycles. The minimum absolute atomic E-state index is 0.0546. The number of phenolic OH excluding ortho intramolecular Hbond substituents is 1. The molecule has 8 nitrogen and oxygen atoms in total. The average molecular weight is 360 g/mol. The lowest BCUT2D eigenvalue weighted by Gasteiger charge is -2.46. The molecular formula is C18H20N2O6.